The van der Waals surface area contributed by atoms with E-state index in [1.807, 2.05) is 0 Å². The Bertz CT molecular complexity index is 954. The number of hydrogen-bond donors (Lipinski definition) is 0. The van der Waals surface area contributed by atoms with Gasteiger partial charge in [-0.15, -0.1) is 0 Å². The summed E-state index contributed by atoms with van der Waals surface area (Å²) < 4.78 is 42.4. The molecule has 0 N–H and O–H groups in total. The molecule has 3 rings (SSSR count). The molecule has 0 bridgehead atoms. The van der Waals surface area contributed by atoms with Gasteiger partial charge in [0, 0.05) is 37.5 Å². The smallest absolute Gasteiger partial charge is 0.330 e. The van der Waals surface area contributed by atoms with Crippen molar-refractivity contribution >= 4 is 5.91 Å². The SMILES string of the molecule is C=CC1=C(C=C)C(=O)N(Cc2ccc(-c3cnn(C)c3)cc2C(F)(F)F)C1. The van der Waals surface area contributed by atoms with E-state index in [4.69, 9.17) is 0 Å². The van der Waals surface area contributed by atoms with Crippen LogP contribution < -0.4 is 0 Å². The van der Waals surface area contributed by atoms with Crippen molar-refractivity contribution in [2.24, 2.45) is 7.05 Å². The van der Waals surface area contributed by atoms with E-state index < -0.39 is 11.7 Å². The molecule has 0 atom stereocenters. The lowest BCUT2D eigenvalue weighted by Crippen LogP contribution is -2.27. The van der Waals surface area contributed by atoms with Crippen LogP contribution in [0.5, 0.6) is 0 Å². The highest BCUT2D eigenvalue weighted by Crippen LogP contribution is 2.36. The lowest BCUT2D eigenvalue weighted by molar-refractivity contribution is -0.139. The number of amides is 1. The largest absolute Gasteiger partial charge is 0.416 e. The number of halogens is 3. The van der Waals surface area contributed by atoms with E-state index in [9.17, 15) is 18.0 Å². The minimum atomic E-state index is -4.54. The van der Waals surface area contributed by atoms with Crippen molar-refractivity contribution in [1.82, 2.24) is 14.7 Å². The first-order valence-electron chi connectivity index (χ1n) is 8.21. The summed E-state index contributed by atoms with van der Waals surface area (Å²) in [7, 11) is 1.70. The maximum atomic E-state index is 13.6. The maximum absolute atomic E-state index is 13.6. The molecule has 0 saturated heterocycles. The summed E-state index contributed by atoms with van der Waals surface area (Å²) in [5, 5.41) is 3.99. The molecule has 2 heterocycles. The lowest BCUT2D eigenvalue weighted by Gasteiger charge is -2.20. The van der Waals surface area contributed by atoms with Crippen molar-refractivity contribution in [3.8, 4) is 11.1 Å². The average molecular weight is 373 g/mol. The van der Waals surface area contributed by atoms with Gasteiger partial charge in [-0.1, -0.05) is 37.4 Å². The highest BCUT2D eigenvalue weighted by Gasteiger charge is 2.35. The first-order valence-corrected chi connectivity index (χ1v) is 8.21. The Labute approximate surface area is 154 Å². The van der Waals surface area contributed by atoms with Gasteiger partial charge < -0.3 is 4.90 Å². The second kappa shape index (κ2) is 6.90. The van der Waals surface area contributed by atoms with Crippen LogP contribution in [0.25, 0.3) is 11.1 Å². The monoisotopic (exact) mass is 373 g/mol. The summed E-state index contributed by atoms with van der Waals surface area (Å²) >= 11 is 0. The number of rotatable bonds is 5. The molecule has 1 aliphatic heterocycles. The van der Waals surface area contributed by atoms with Gasteiger partial charge in [-0.3, -0.25) is 9.48 Å². The van der Waals surface area contributed by atoms with Crippen molar-refractivity contribution < 1.29 is 18.0 Å². The molecule has 2 aromatic rings. The molecule has 27 heavy (non-hydrogen) atoms. The fraction of sp³-hybridized carbons (Fsp3) is 0.200. The first kappa shape index (κ1) is 18.7. The molecule has 0 radical (unpaired) electrons. The Balaban J connectivity index is 1.95. The Hall–Kier alpha value is -3.09. The molecule has 0 saturated carbocycles. The molecule has 4 nitrogen and oxygen atoms in total. The van der Waals surface area contributed by atoms with E-state index in [2.05, 4.69) is 18.3 Å². The number of benzene rings is 1. The lowest BCUT2D eigenvalue weighted by atomic mass is 10.00. The van der Waals surface area contributed by atoms with Gasteiger partial charge in [0.05, 0.1) is 11.8 Å². The zero-order valence-corrected chi connectivity index (χ0v) is 14.8. The number of hydrogen-bond acceptors (Lipinski definition) is 2. The standard InChI is InChI=1S/C20H18F3N3O/c1-4-13-11-26(19(27)17(13)5-2)12-15-7-6-14(8-18(15)20(21,22)23)16-9-24-25(3)10-16/h4-10H,1-2,11-12H2,3H3. The highest BCUT2D eigenvalue weighted by atomic mass is 19.4. The van der Waals surface area contributed by atoms with Crippen LogP contribution in [-0.2, 0) is 24.6 Å². The molecule has 1 aromatic carbocycles. The van der Waals surface area contributed by atoms with E-state index in [1.165, 1.54) is 34.0 Å². The van der Waals surface area contributed by atoms with Crippen LogP contribution in [0.1, 0.15) is 11.1 Å². The summed E-state index contributed by atoms with van der Waals surface area (Å²) in [4.78, 5) is 13.8. The minimum absolute atomic E-state index is 0.0391. The van der Waals surface area contributed by atoms with Crippen molar-refractivity contribution in [3.05, 3.63) is 78.2 Å². The van der Waals surface area contributed by atoms with Crippen LogP contribution in [0.15, 0.2) is 67.0 Å². The van der Waals surface area contributed by atoms with Gasteiger partial charge in [-0.2, -0.15) is 18.3 Å². The van der Waals surface area contributed by atoms with Gasteiger partial charge in [0.2, 0.25) is 0 Å². The Kier molecular flexibility index (Phi) is 4.78. The molecular formula is C20H18F3N3O. The fourth-order valence-electron chi connectivity index (χ4n) is 3.12. The molecule has 0 fully saturated rings. The second-order valence-corrected chi connectivity index (χ2v) is 6.28. The summed E-state index contributed by atoms with van der Waals surface area (Å²) in [5.41, 5.74) is 1.34. The Morgan fingerprint density at radius 1 is 1.22 bits per heavy atom. The summed E-state index contributed by atoms with van der Waals surface area (Å²) in [6.07, 6.45) is 1.57. The first-order chi connectivity index (χ1) is 12.7. The van der Waals surface area contributed by atoms with Crippen LogP contribution in [-0.4, -0.2) is 27.1 Å². The number of carbonyl (C=O) groups excluding carboxylic acids is 1. The Morgan fingerprint density at radius 2 is 1.96 bits per heavy atom. The minimum Gasteiger partial charge on any atom is -0.330 e. The van der Waals surface area contributed by atoms with Crippen LogP contribution in [0.4, 0.5) is 13.2 Å². The molecule has 7 heteroatoms. The number of alkyl halides is 3. The fourth-order valence-corrected chi connectivity index (χ4v) is 3.12. The summed E-state index contributed by atoms with van der Waals surface area (Å²) in [6.45, 7) is 7.31. The number of nitrogens with zero attached hydrogens (tertiary/aromatic N) is 3. The zero-order valence-electron chi connectivity index (χ0n) is 14.8. The van der Waals surface area contributed by atoms with Crippen LogP contribution >= 0.6 is 0 Å². The molecule has 140 valence electrons. The molecular weight excluding hydrogens is 355 g/mol. The highest BCUT2D eigenvalue weighted by molar-refractivity contribution is 6.00. The van der Waals surface area contributed by atoms with E-state index in [-0.39, 0.29) is 24.6 Å². The molecule has 1 aliphatic rings. The van der Waals surface area contributed by atoms with E-state index in [0.717, 1.165) is 6.07 Å². The Morgan fingerprint density at radius 3 is 2.48 bits per heavy atom. The van der Waals surface area contributed by atoms with Gasteiger partial charge in [0.1, 0.15) is 0 Å². The predicted octanol–water partition coefficient (Wildman–Crippen LogP) is 4.12. The molecule has 0 spiro atoms. The summed E-state index contributed by atoms with van der Waals surface area (Å²) in [6, 6.07) is 4.12. The zero-order chi connectivity index (χ0) is 19.8. The average Bonchev–Trinajstić information content (AvgIpc) is 3.18. The van der Waals surface area contributed by atoms with E-state index >= 15 is 0 Å². The molecule has 1 aromatic heterocycles. The topological polar surface area (TPSA) is 38.1 Å². The number of aromatic nitrogens is 2. The second-order valence-electron chi connectivity index (χ2n) is 6.28. The maximum Gasteiger partial charge on any atom is 0.416 e. The summed E-state index contributed by atoms with van der Waals surface area (Å²) in [5.74, 6) is -0.343. The third-order valence-corrected chi connectivity index (χ3v) is 4.49. The normalized spacial score (nSPS) is 14.8. The van der Waals surface area contributed by atoms with Gasteiger partial charge in [-0.05, 0) is 22.8 Å². The third kappa shape index (κ3) is 3.58. The molecule has 1 amide bonds. The molecule has 0 aliphatic carbocycles. The van der Waals surface area contributed by atoms with Gasteiger partial charge >= 0.3 is 6.18 Å². The van der Waals surface area contributed by atoms with Crippen molar-refractivity contribution in [2.75, 3.05) is 6.54 Å². The van der Waals surface area contributed by atoms with Crippen LogP contribution in [0.2, 0.25) is 0 Å². The third-order valence-electron chi connectivity index (χ3n) is 4.49. The molecule has 0 unspecified atom stereocenters. The van der Waals surface area contributed by atoms with E-state index in [0.29, 0.717) is 22.3 Å². The van der Waals surface area contributed by atoms with Crippen molar-refractivity contribution in [1.29, 1.82) is 0 Å². The van der Waals surface area contributed by atoms with Gasteiger partial charge in [-0.25, -0.2) is 0 Å². The number of aryl methyl sites for hydroxylation is 1. The van der Waals surface area contributed by atoms with Crippen molar-refractivity contribution in [3.63, 3.8) is 0 Å². The quantitative estimate of drug-likeness (QED) is 0.791. The number of carbonyl (C=O) groups is 1. The van der Waals surface area contributed by atoms with Crippen molar-refractivity contribution in [2.45, 2.75) is 12.7 Å². The van der Waals surface area contributed by atoms with Gasteiger partial charge in [0.15, 0.2) is 0 Å². The van der Waals surface area contributed by atoms with Crippen LogP contribution in [0, 0.1) is 0 Å². The predicted molar refractivity (Wildman–Crippen MR) is 96.5 cm³/mol. The van der Waals surface area contributed by atoms with Crippen LogP contribution in [0.3, 0.4) is 0 Å². The van der Waals surface area contributed by atoms with E-state index in [1.54, 1.807) is 19.3 Å². The van der Waals surface area contributed by atoms with Gasteiger partial charge in [0.25, 0.3) is 5.91 Å².